The van der Waals surface area contributed by atoms with Crippen molar-refractivity contribution >= 4 is 16.9 Å². The van der Waals surface area contributed by atoms with E-state index < -0.39 is 0 Å². The first kappa shape index (κ1) is 17.0. The maximum Gasteiger partial charge on any atom is 0.188 e. The van der Waals surface area contributed by atoms with Gasteiger partial charge in [-0.05, 0) is 12.2 Å². The van der Waals surface area contributed by atoms with Crippen LogP contribution >= 0.6 is 11.8 Å². The van der Waals surface area contributed by atoms with Gasteiger partial charge in [-0.15, -0.1) is 0 Å². The van der Waals surface area contributed by atoms with E-state index in [4.69, 9.17) is 0 Å². The quantitative estimate of drug-likeness (QED) is 0.425. The average Bonchev–Trinajstić information content (AvgIpc) is 2.32. The Balaban J connectivity index is 3.01. The predicted octanol–water partition coefficient (Wildman–Crippen LogP) is 5.58. The molecule has 0 unspecified atom stereocenters. The second-order valence-electron chi connectivity index (χ2n) is 4.74. The number of unbranched alkanes of at least 4 members (excludes halogenated alkanes) is 9. The Morgan fingerprint density at radius 3 is 1.71 bits per heavy atom. The molecule has 1 nitrogen and oxygen atoms in total. The third-order valence-electron chi connectivity index (χ3n) is 3.04. The van der Waals surface area contributed by atoms with Crippen LogP contribution in [0.4, 0.5) is 0 Å². The molecule has 0 atom stereocenters. The van der Waals surface area contributed by atoms with Gasteiger partial charge in [0.1, 0.15) is 0 Å². The number of thioether (sulfide) groups is 1. The lowest BCUT2D eigenvalue weighted by Crippen LogP contribution is -1.91. The molecule has 0 heterocycles. The van der Waals surface area contributed by atoms with Gasteiger partial charge in [0.15, 0.2) is 5.12 Å². The van der Waals surface area contributed by atoms with E-state index in [1.165, 1.54) is 69.5 Å². The molecule has 0 amide bonds. The highest BCUT2D eigenvalue weighted by molar-refractivity contribution is 8.13. The number of carbonyl (C=O) groups is 1. The molecule has 17 heavy (non-hydrogen) atoms. The van der Waals surface area contributed by atoms with Crippen LogP contribution in [0.1, 0.15) is 84.5 Å². The molecule has 0 spiro atoms. The fraction of sp³-hybridized carbons (Fsp3) is 0.933. The first-order valence-corrected chi connectivity index (χ1v) is 8.45. The van der Waals surface area contributed by atoms with Gasteiger partial charge in [0.2, 0.25) is 0 Å². The molecule has 0 aromatic rings. The molecule has 2 heteroatoms. The molecule has 0 bridgehead atoms. The highest BCUT2D eigenvalue weighted by Gasteiger charge is 2.00. The van der Waals surface area contributed by atoms with E-state index in [2.05, 4.69) is 6.92 Å². The first-order valence-electron chi connectivity index (χ1n) is 7.46. The van der Waals surface area contributed by atoms with Crippen molar-refractivity contribution in [2.75, 3.05) is 5.75 Å². The van der Waals surface area contributed by atoms with Gasteiger partial charge in [0, 0.05) is 6.42 Å². The van der Waals surface area contributed by atoms with Crippen molar-refractivity contribution in [1.82, 2.24) is 0 Å². The van der Waals surface area contributed by atoms with Gasteiger partial charge in [-0.2, -0.15) is 0 Å². The van der Waals surface area contributed by atoms with E-state index in [-0.39, 0.29) is 0 Å². The predicted molar refractivity (Wildman–Crippen MR) is 79.6 cm³/mol. The summed E-state index contributed by atoms with van der Waals surface area (Å²) in [5.41, 5.74) is 0. The van der Waals surface area contributed by atoms with E-state index in [0.29, 0.717) is 5.12 Å². The van der Waals surface area contributed by atoms with Crippen LogP contribution in [0.2, 0.25) is 0 Å². The summed E-state index contributed by atoms with van der Waals surface area (Å²) in [6, 6.07) is 0. The van der Waals surface area contributed by atoms with Crippen LogP contribution in [0, 0.1) is 0 Å². The van der Waals surface area contributed by atoms with Crippen LogP contribution in [0.3, 0.4) is 0 Å². The smallest absolute Gasteiger partial charge is 0.188 e. The minimum atomic E-state index is 0.382. The number of hydrogen-bond acceptors (Lipinski definition) is 2. The summed E-state index contributed by atoms with van der Waals surface area (Å²) < 4.78 is 0. The highest BCUT2D eigenvalue weighted by atomic mass is 32.2. The third-order valence-corrected chi connectivity index (χ3v) is 3.85. The van der Waals surface area contributed by atoms with Crippen molar-refractivity contribution in [3.05, 3.63) is 0 Å². The summed E-state index contributed by atoms with van der Waals surface area (Å²) in [6.45, 7) is 4.30. The number of carbonyl (C=O) groups excluding carboxylic acids is 1. The van der Waals surface area contributed by atoms with Gasteiger partial charge in [-0.3, -0.25) is 4.79 Å². The molecule has 0 aromatic heterocycles. The molecule has 102 valence electrons. The zero-order chi connectivity index (χ0) is 12.8. The monoisotopic (exact) mass is 258 g/mol. The molecule has 0 aliphatic heterocycles. The van der Waals surface area contributed by atoms with Gasteiger partial charge in [0.25, 0.3) is 0 Å². The normalized spacial score (nSPS) is 10.7. The fourth-order valence-corrected chi connectivity index (χ4v) is 2.60. The Labute approximate surface area is 112 Å². The Bertz CT molecular complexity index is 168. The van der Waals surface area contributed by atoms with Crippen LogP contribution in [0.15, 0.2) is 0 Å². The topological polar surface area (TPSA) is 17.1 Å². The fourth-order valence-electron chi connectivity index (χ4n) is 1.99. The highest BCUT2D eigenvalue weighted by Crippen LogP contribution is 2.13. The van der Waals surface area contributed by atoms with Crippen LogP contribution in [-0.2, 0) is 4.79 Å². The minimum absolute atomic E-state index is 0.382. The lowest BCUT2D eigenvalue weighted by molar-refractivity contribution is -0.111. The third kappa shape index (κ3) is 14.0. The van der Waals surface area contributed by atoms with Crippen molar-refractivity contribution in [3.63, 3.8) is 0 Å². The van der Waals surface area contributed by atoms with Crippen LogP contribution in [-0.4, -0.2) is 10.9 Å². The lowest BCUT2D eigenvalue weighted by atomic mass is 10.1. The summed E-state index contributed by atoms with van der Waals surface area (Å²) in [7, 11) is 0. The van der Waals surface area contributed by atoms with Crippen LogP contribution < -0.4 is 0 Å². The molecule has 0 rings (SSSR count). The molecule has 0 fully saturated rings. The summed E-state index contributed by atoms with van der Waals surface area (Å²) in [6.07, 6.45) is 14.2. The second kappa shape index (κ2) is 14.1. The van der Waals surface area contributed by atoms with Crippen molar-refractivity contribution < 1.29 is 4.79 Å². The Kier molecular flexibility index (Phi) is 14.1. The zero-order valence-corrected chi connectivity index (χ0v) is 12.6. The van der Waals surface area contributed by atoms with Crippen molar-refractivity contribution in [2.45, 2.75) is 84.5 Å². The average molecular weight is 258 g/mol. The zero-order valence-electron chi connectivity index (χ0n) is 11.8. The van der Waals surface area contributed by atoms with Crippen LogP contribution in [0.5, 0.6) is 0 Å². The largest absolute Gasteiger partial charge is 0.287 e. The molecule has 0 radical (unpaired) electrons. The van der Waals surface area contributed by atoms with Gasteiger partial charge in [0.05, 0.1) is 0 Å². The number of hydrogen-bond donors (Lipinski definition) is 0. The summed E-state index contributed by atoms with van der Waals surface area (Å²) >= 11 is 1.47. The second-order valence-corrected chi connectivity index (χ2v) is 6.06. The molecular formula is C15H30OS. The maximum atomic E-state index is 11.2. The van der Waals surface area contributed by atoms with Gasteiger partial charge >= 0.3 is 0 Å². The lowest BCUT2D eigenvalue weighted by Gasteiger charge is -2.02. The Morgan fingerprint density at radius 2 is 1.24 bits per heavy atom. The van der Waals surface area contributed by atoms with Crippen molar-refractivity contribution in [2.24, 2.45) is 0 Å². The minimum Gasteiger partial charge on any atom is -0.287 e. The SMILES string of the molecule is CCCCCCCCCCCCC(=O)SCC. The molecular weight excluding hydrogens is 228 g/mol. The van der Waals surface area contributed by atoms with Gasteiger partial charge in [-0.25, -0.2) is 0 Å². The van der Waals surface area contributed by atoms with E-state index in [0.717, 1.165) is 18.6 Å². The molecule has 0 aromatic carbocycles. The standard InChI is InChI=1S/C15H30OS/c1-3-5-6-7-8-9-10-11-12-13-14-15(16)17-4-2/h3-14H2,1-2H3. The van der Waals surface area contributed by atoms with Gasteiger partial charge in [-0.1, -0.05) is 83.4 Å². The molecule has 0 aliphatic carbocycles. The molecule has 0 aliphatic rings. The first-order chi connectivity index (χ1) is 8.31. The van der Waals surface area contributed by atoms with E-state index >= 15 is 0 Å². The molecule has 0 N–H and O–H groups in total. The summed E-state index contributed by atoms with van der Waals surface area (Å²) in [4.78, 5) is 11.2. The maximum absolute atomic E-state index is 11.2. The molecule has 0 saturated heterocycles. The van der Waals surface area contributed by atoms with Gasteiger partial charge < -0.3 is 0 Å². The van der Waals surface area contributed by atoms with Crippen molar-refractivity contribution in [1.29, 1.82) is 0 Å². The van der Waals surface area contributed by atoms with E-state index in [1.807, 2.05) is 6.92 Å². The Morgan fingerprint density at radius 1 is 0.765 bits per heavy atom. The van der Waals surface area contributed by atoms with E-state index in [9.17, 15) is 4.79 Å². The van der Waals surface area contributed by atoms with Crippen LogP contribution in [0.25, 0.3) is 0 Å². The Hall–Kier alpha value is 0.0200. The molecule has 0 saturated carbocycles. The summed E-state index contributed by atoms with van der Waals surface area (Å²) in [5.74, 6) is 0.927. The van der Waals surface area contributed by atoms with E-state index in [1.54, 1.807) is 0 Å². The van der Waals surface area contributed by atoms with Crippen molar-refractivity contribution in [3.8, 4) is 0 Å². The summed E-state index contributed by atoms with van der Waals surface area (Å²) in [5, 5.41) is 0.382. The number of rotatable bonds is 12.